The molecule has 2 aromatic carbocycles. The molecule has 3 unspecified atom stereocenters. The number of pyridine rings is 1. The lowest BCUT2D eigenvalue weighted by molar-refractivity contribution is -0.142. The van der Waals surface area contributed by atoms with Crippen molar-refractivity contribution in [1.82, 2.24) is 4.98 Å². The summed E-state index contributed by atoms with van der Waals surface area (Å²) in [7, 11) is 1.33. The van der Waals surface area contributed by atoms with Crippen LogP contribution in [0.15, 0.2) is 79.1 Å². The largest absolute Gasteiger partial charge is 0.469 e. The van der Waals surface area contributed by atoms with E-state index in [1.807, 2.05) is 64.4 Å². The summed E-state index contributed by atoms with van der Waals surface area (Å²) in [6.45, 7) is 0. The van der Waals surface area contributed by atoms with Crippen molar-refractivity contribution in [2.24, 2.45) is 5.92 Å². The van der Waals surface area contributed by atoms with E-state index in [2.05, 4.69) is 4.98 Å². The predicted molar refractivity (Wildman–Crippen MR) is 137 cm³/mol. The lowest BCUT2D eigenvalue weighted by Gasteiger charge is -2.47. The monoisotopic (exact) mass is 483 g/mol. The van der Waals surface area contributed by atoms with Gasteiger partial charge in [-0.2, -0.15) is 0 Å². The van der Waals surface area contributed by atoms with Crippen LogP contribution in [0.2, 0.25) is 0 Å². The van der Waals surface area contributed by atoms with Crippen LogP contribution >= 0.6 is 0 Å². The van der Waals surface area contributed by atoms with Gasteiger partial charge in [-0.3, -0.25) is 19.4 Å². The zero-order valence-electron chi connectivity index (χ0n) is 20.2. The van der Waals surface area contributed by atoms with Crippen LogP contribution in [0.4, 0.5) is 11.4 Å². The van der Waals surface area contributed by atoms with Crippen LogP contribution in [0.1, 0.15) is 54.1 Å². The van der Waals surface area contributed by atoms with Crippen LogP contribution in [-0.4, -0.2) is 35.9 Å². The number of esters is 1. The van der Waals surface area contributed by atoms with E-state index in [-0.39, 0.29) is 42.7 Å². The third-order valence-electron chi connectivity index (χ3n) is 7.26. The van der Waals surface area contributed by atoms with Crippen molar-refractivity contribution in [3.8, 4) is 0 Å². The van der Waals surface area contributed by atoms with Gasteiger partial charge in [-0.05, 0) is 48.7 Å². The standard InChI is InChI=1S/C29H29N3O4/c1-36-27(34)17-16-26(33)31(21-10-3-2-4-11-21)28-22-12-5-6-14-24(22)32(25-15-7-13-23(25)28)29(35)20-9-8-18-30-19-20/h2-6,8-12,14,18-19,23,25,28H,7,13,15-17H2,1H3. The minimum atomic E-state index is -0.410. The normalized spacial score (nSPS) is 20.2. The average molecular weight is 484 g/mol. The Kier molecular flexibility index (Phi) is 6.80. The van der Waals surface area contributed by atoms with E-state index >= 15 is 0 Å². The highest BCUT2D eigenvalue weighted by atomic mass is 16.5. The van der Waals surface area contributed by atoms with Gasteiger partial charge in [0.25, 0.3) is 5.91 Å². The van der Waals surface area contributed by atoms with Gasteiger partial charge >= 0.3 is 5.97 Å². The average Bonchev–Trinajstić information content (AvgIpc) is 3.41. The van der Waals surface area contributed by atoms with Gasteiger partial charge in [0.05, 0.1) is 25.1 Å². The summed E-state index contributed by atoms with van der Waals surface area (Å²) in [4.78, 5) is 47.2. The number of rotatable bonds is 6. The van der Waals surface area contributed by atoms with Crippen molar-refractivity contribution in [3.63, 3.8) is 0 Å². The maximum absolute atomic E-state index is 13.8. The highest BCUT2D eigenvalue weighted by Crippen LogP contribution is 2.51. The fourth-order valence-electron chi connectivity index (χ4n) is 5.72. The number of hydrogen-bond acceptors (Lipinski definition) is 5. The molecule has 3 aromatic rings. The molecule has 0 radical (unpaired) electrons. The third-order valence-corrected chi connectivity index (χ3v) is 7.26. The molecule has 2 heterocycles. The molecule has 0 spiro atoms. The Balaban J connectivity index is 1.60. The van der Waals surface area contributed by atoms with Crippen LogP contribution in [0.25, 0.3) is 0 Å². The van der Waals surface area contributed by atoms with Gasteiger partial charge in [0.2, 0.25) is 5.91 Å². The zero-order chi connectivity index (χ0) is 25.1. The Labute approximate surface area is 210 Å². The van der Waals surface area contributed by atoms with Crippen molar-refractivity contribution >= 4 is 29.2 Å². The first-order valence-corrected chi connectivity index (χ1v) is 12.4. The van der Waals surface area contributed by atoms with E-state index in [4.69, 9.17) is 4.74 Å². The lowest BCUT2D eigenvalue weighted by atomic mass is 9.81. The molecule has 2 amide bonds. The SMILES string of the molecule is COC(=O)CCC(=O)N(c1ccccc1)C1c2ccccc2N(C(=O)c2cccnc2)C2CCCC21. The van der Waals surface area contributed by atoms with E-state index in [0.717, 1.165) is 36.2 Å². The quantitative estimate of drug-likeness (QED) is 0.464. The topological polar surface area (TPSA) is 79.8 Å². The number of methoxy groups -OCH3 is 1. The first-order valence-electron chi connectivity index (χ1n) is 12.4. The van der Waals surface area contributed by atoms with Crippen LogP contribution in [-0.2, 0) is 14.3 Å². The molecule has 1 fully saturated rings. The maximum Gasteiger partial charge on any atom is 0.306 e. The molecule has 0 N–H and O–H groups in total. The fraction of sp³-hybridized carbons (Fsp3) is 0.310. The van der Waals surface area contributed by atoms with Crippen molar-refractivity contribution in [3.05, 3.63) is 90.3 Å². The van der Waals surface area contributed by atoms with Crippen LogP contribution in [0.5, 0.6) is 0 Å². The summed E-state index contributed by atoms with van der Waals surface area (Å²) in [6, 6.07) is 20.7. The second-order valence-corrected chi connectivity index (χ2v) is 9.26. The minimum absolute atomic E-state index is 0.0206. The number of amides is 2. The highest BCUT2D eigenvalue weighted by Gasteiger charge is 2.49. The molecule has 1 aromatic heterocycles. The lowest BCUT2D eigenvalue weighted by Crippen LogP contribution is -2.52. The molecule has 7 heteroatoms. The van der Waals surface area contributed by atoms with Crippen molar-refractivity contribution in [2.45, 2.75) is 44.2 Å². The Morgan fingerprint density at radius 2 is 1.75 bits per heavy atom. The van der Waals surface area contributed by atoms with Gasteiger partial charge in [-0.1, -0.05) is 42.8 Å². The highest BCUT2D eigenvalue weighted by molar-refractivity contribution is 6.07. The van der Waals surface area contributed by atoms with E-state index in [9.17, 15) is 14.4 Å². The number of para-hydroxylation sites is 2. The second kappa shape index (κ2) is 10.3. The van der Waals surface area contributed by atoms with E-state index in [1.54, 1.807) is 24.5 Å². The molecule has 184 valence electrons. The van der Waals surface area contributed by atoms with Crippen LogP contribution in [0.3, 0.4) is 0 Å². The van der Waals surface area contributed by atoms with Gasteiger partial charge in [0.1, 0.15) is 0 Å². The van der Waals surface area contributed by atoms with Crippen LogP contribution < -0.4 is 9.80 Å². The zero-order valence-corrected chi connectivity index (χ0v) is 20.2. The molecule has 5 rings (SSSR count). The van der Waals surface area contributed by atoms with Crippen LogP contribution in [0, 0.1) is 5.92 Å². The van der Waals surface area contributed by atoms with Gasteiger partial charge in [-0.15, -0.1) is 0 Å². The smallest absolute Gasteiger partial charge is 0.306 e. The van der Waals surface area contributed by atoms with Gasteiger partial charge in [0.15, 0.2) is 0 Å². The van der Waals surface area contributed by atoms with Gasteiger partial charge < -0.3 is 14.5 Å². The number of carbonyl (C=O) groups excluding carboxylic acids is 3. The summed E-state index contributed by atoms with van der Waals surface area (Å²) in [5, 5.41) is 0. The molecule has 1 aliphatic heterocycles. The number of aromatic nitrogens is 1. The molecule has 7 nitrogen and oxygen atoms in total. The van der Waals surface area contributed by atoms with Crippen molar-refractivity contribution in [2.75, 3.05) is 16.9 Å². The first kappa shape index (κ1) is 23.7. The van der Waals surface area contributed by atoms with E-state index < -0.39 is 5.97 Å². The van der Waals surface area contributed by atoms with Gasteiger partial charge in [0, 0.05) is 42.1 Å². The maximum atomic E-state index is 13.8. The summed E-state index contributed by atoms with van der Waals surface area (Å²) in [6.07, 6.45) is 6.06. The molecule has 1 saturated carbocycles. The number of anilines is 2. The molecule has 0 bridgehead atoms. The Morgan fingerprint density at radius 3 is 2.50 bits per heavy atom. The summed E-state index contributed by atoms with van der Waals surface area (Å²) < 4.78 is 4.78. The molecule has 0 saturated heterocycles. The summed E-state index contributed by atoms with van der Waals surface area (Å²) in [5.41, 5.74) is 3.09. The first-order chi connectivity index (χ1) is 17.6. The summed E-state index contributed by atoms with van der Waals surface area (Å²) >= 11 is 0. The van der Waals surface area contributed by atoms with Crippen molar-refractivity contribution in [1.29, 1.82) is 0 Å². The molecule has 1 aliphatic carbocycles. The van der Waals surface area contributed by atoms with E-state index in [0.29, 0.717) is 5.56 Å². The predicted octanol–water partition coefficient (Wildman–Crippen LogP) is 4.94. The van der Waals surface area contributed by atoms with Crippen molar-refractivity contribution < 1.29 is 19.1 Å². The molecule has 3 atom stereocenters. The Morgan fingerprint density at radius 1 is 0.972 bits per heavy atom. The minimum Gasteiger partial charge on any atom is -0.469 e. The fourth-order valence-corrected chi connectivity index (χ4v) is 5.72. The van der Waals surface area contributed by atoms with Gasteiger partial charge in [-0.25, -0.2) is 0 Å². The molecule has 2 aliphatic rings. The molecular weight excluding hydrogens is 454 g/mol. The number of hydrogen-bond donors (Lipinski definition) is 0. The van der Waals surface area contributed by atoms with E-state index in [1.165, 1.54) is 7.11 Å². The third kappa shape index (κ3) is 4.37. The number of fused-ring (bicyclic) bond motifs is 2. The Bertz CT molecular complexity index is 1250. The number of carbonyl (C=O) groups is 3. The number of nitrogens with zero attached hydrogens (tertiary/aromatic N) is 3. The molecular formula is C29H29N3O4. The number of ether oxygens (including phenoxy) is 1. The second-order valence-electron chi connectivity index (χ2n) is 9.26. The molecule has 36 heavy (non-hydrogen) atoms. The number of benzene rings is 2. The Hall–Kier alpha value is -4.00. The summed E-state index contributed by atoms with van der Waals surface area (Å²) in [5.74, 6) is -0.562.